The van der Waals surface area contributed by atoms with Gasteiger partial charge in [0.25, 0.3) is 0 Å². The van der Waals surface area contributed by atoms with Crippen LogP contribution in [0.3, 0.4) is 0 Å². The molecule has 138 valence electrons. The third-order valence-corrected chi connectivity index (χ3v) is 6.05. The van der Waals surface area contributed by atoms with E-state index in [1.165, 1.54) is 22.3 Å². The maximum absolute atomic E-state index is 12.7. The molecule has 3 aromatic rings. The van der Waals surface area contributed by atoms with Crippen molar-refractivity contribution < 1.29 is 12.8 Å². The molecule has 7 heteroatoms. The van der Waals surface area contributed by atoms with Crippen LogP contribution in [-0.2, 0) is 17.1 Å². The normalized spacial score (nSPS) is 13.4. The molecule has 0 saturated heterocycles. The fourth-order valence-corrected chi connectivity index (χ4v) is 4.07. The molecule has 0 aliphatic heterocycles. The third kappa shape index (κ3) is 3.45. The fraction of sp³-hybridized carbons (Fsp3) is 0.316. The first-order valence-electron chi connectivity index (χ1n) is 8.41. The predicted molar refractivity (Wildman–Crippen MR) is 101 cm³/mol. The van der Waals surface area contributed by atoms with Gasteiger partial charge < -0.3 is 4.42 Å². The Morgan fingerprint density at radius 2 is 1.62 bits per heavy atom. The zero-order valence-corrected chi connectivity index (χ0v) is 16.0. The summed E-state index contributed by atoms with van der Waals surface area (Å²) in [6.45, 7) is 6.02. The molecular weight excluding hydrogens is 352 g/mol. The van der Waals surface area contributed by atoms with Crippen molar-refractivity contribution >= 4 is 21.1 Å². The number of benzene rings is 2. The molecule has 1 unspecified atom stereocenters. The van der Waals surface area contributed by atoms with Gasteiger partial charge >= 0.3 is 5.76 Å². The van der Waals surface area contributed by atoms with E-state index in [0.29, 0.717) is 11.4 Å². The highest BCUT2D eigenvalue weighted by atomic mass is 32.2. The molecule has 26 heavy (non-hydrogen) atoms. The molecule has 1 aromatic heterocycles. The topological polar surface area (TPSA) is 81.3 Å². The molecule has 0 aliphatic carbocycles. The number of sulfonamides is 1. The maximum atomic E-state index is 12.7. The molecule has 1 atom stereocenters. The molecular formula is C19H22N2O4S. The molecule has 0 fully saturated rings. The van der Waals surface area contributed by atoms with Gasteiger partial charge in [-0.1, -0.05) is 38.1 Å². The smallest absolute Gasteiger partial charge is 0.408 e. The van der Waals surface area contributed by atoms with Crippen LogP contribution in [0.2, 0.25) is 0 Å². The van der Waals surface area contributed by atoms with Gasteiger partial charge in [0.15, 0.2) is 5.58 Å². The lowest BCUT2D eigenvalue weighted by atomic mass is 10.00. The number of nitrogens with zero attached hydrogens (tertiary/aromatic N) is 1. The standard InChI is InChI=1S/C19H22N2O4S/c1-12(2)14-5-7-15(8-6-14)13(3)20-26(23,24)16-9-10-17-18(11-16)25-19(22)21(17)4/h5-13,20H,1-4H3. The lowest BCUT2D eigenvalue weighted by molar-refractivity contribution is 0.527. The number of fused-ring (bicyclic) bond motifs is 1. The summed E-state index contributed by atoms with van der Waals surface area (Å²) in [7, 11) is -2.18. The quantitative estimate of drug-likeness (QED) is 0.743. The van der Waals surface area contributed by atoms with Gasteiger partial charge in [0.2, 0.25) is 10.0 Å². The summed E-state index contributed by atoms with van der Waals surface area (Å²) in [5.41, 5.74) is 2.87. The van der Waals surface area contributed by atoms with Gasteiger partial charge in [-0.05, 0) is 36.1 Å². The van der Waals surface area contributed by atoms with Gasteiger partial charge in [-0.2, -0.15) is 0 Å². The van der Waals surface area contributed by atoms with Crippen LogP contribution in [-0.4, -0.2) is 13.0 Å². The highest BCUT2D eigenvalue weighted by Crippen LogP contribution is 2.22. The van der Waals surface area contributed by atoms with Gasteiger partial charge in [0, 0.05) is 19.2 Å². The Morgan fingerprint density at radius 3 is 2.23 bits per heavy atom. The van der Waals surface area contributed by atoms with Crippen LogP contribution in [0.4, 0.5) is 0 Å². The van der Waals surface area contributed by atoms with Crippen LogP contribution < -0.4 is 10.5 Å². The van der Waals surface area contributed by atoms with E-state index in [1.807, 2.05) is 24.3 Å². The average Bonchev–Trinajstić information content (AvgIpc) is 2.88. The molecule has 0 spiro atoms. The molecule has 0 saturated carbocycles. The second-order valence-electron chi connectivity index (χ2n) is 6.72. The van der Waals surface area contributed by atoms with Gasteiger partial charge in [0.1, 0.15) is 0 Å². The van der Waals surface area contributed by atoms with Crippen molar-refractivity contribution in [2.24, 2.45) is 7.05 Å². The SMILES string of the molecule is CC(C)c1ccc(C(C)NS(=O)(=O)c2ccc3c(c2)oc(=O)n3C)cc1. The zero-order valence-electron chi connectivity index (χ0n) is 15.2. The summed E-state index contributed by atoms with van der Waals surface area (Å²) in [5.74, 6) is -0.107. The van der Waals surface area contributed by atoms with Crippen LogP contribution in [0, 0.1) is 0 Å². The summed E-state index contributed by atoms with van der Waals surface area (Å²) >= 11 is 0. The molecule has 0 amide bonds. The van der Waals surface area contributed by atoms with E-state index >= 15 is 0 Å². The van der Waals surface area contributed by atoms with Crippen molar-refractivity contribution in [1.29, 1.82) is 0 Å². The average molecular weight is 374 g/mol. The first kappa shape index (κ1) is 18.4. The minimum atomic E-state index is -3.75. The second-order valence-corrected chi connectivity index (χ2v) is 8.43. The Labute approximate surface area is 152 Å². The fourth-order valence-electron chi connectivity index (χ4n) is 2.82. The van der Waals surface area contributed by atoms with E-state index in [2.05, 4.69) is 18.6 Å². The molecule has 0 aliphatic rings. The summed E-state index contributed by atoms with van der Waals surface area (Å²) in [6.07, 6.45) is 0. The Bertz CT molecular complexity index is 1090. The van der Waals surface area contributed by atoms with E-state index in [4.69, 9.17) is 4.42 Å². The molecule has 0 radical (unpaired) electrons. The Kier molecular flexibility index (Phi) is 4.77. The van der Waals surface area contributed by atoms with Crippen molar-refractivity contribution in [3.63, 3.8) is 0 Å². The van der Waals surface area contributed by atoms with E-state index in [1.54, 1.807) is 20.0 Å². The van der Waals surface area contributed by atoms with Crippen LogP contribution in [0.5, 0.6) is 0 Å². The van der Waals surface area contributed by atoms with E-state index < -0.39 is 15.8 Å². The number of hydrogen-bond donors (Lipinski definition) is 1. The van der Waals surface area contributed by atoms with E-state index in [9.17, 15) is 13.2 Å². The molecule has 1 N–H and O–H groups in total. The Morgan fingerprint density at radius 1 is 1.00 bits per heavy atom. The van der Waals surface area contributed by atoms with Crippen LogP contribution >= 0.6 is 0 Å². The lowest BCUT2D eigenvalue weighted by Gasteiger charge is -2.16. The number of hydrogen-bond acceptors (Lipinski definition) is 4. The third-order valence-electron chi connectivity index (χ3n) is 4.51. The van der Waals surface area contributed by atoms with Crippen LogP contribution in [0.25, 0.3) is 11.1 Å². The summed E-state index contributed by atoms with van der Waals surface area (Å²) in [4.78, 5) is 11.6. The summed E-state index contributed by atoms with van der Waals surface area (Å²) in [5, 5.41) is 0. The minimum absolute atomic E-state index is 0.0602. The number of nitrogens with one attached hydrogen (secondary N) is 1. The number of aromatic nitrogens is 1. The maximum Gasteiger partial charge on any atom is 0.419 e. The first-order chi connectivity index (χ1) is 12.2. The van der Waals surface area contributed by atoms with Crippen LogP contribution in [0.1, 0.15) is 43.9 Å². The number of rotatable bonds is 5. The molecule has 1 heterocycles. The highest BCUT2D eigenvalue weighted by Gasteiger charge is 2.20. The predicted octanol–water partition coefficient (Wildman–Crippen LogP) is 3.29. The van der Waals surface area contributed by atoms with Crippen molar-refractivity contribution in [3.05, 3.63) is 64.1 Å². The van der Waals surface area contributed by atoms with Crippen molar-refractivity contribution in [2.75, 3.05) is 0 Å². The minimum Gasteiger partial charge on any atom is -0.408 e. The lowest BCUT2D eigenvalue weighted by Crippen LogP contribution is -2.26. The molecule has 6 nitrogen and oxygen atoms in total. The highest BCUT2D eigenvalue weighted by molar-refractivity contribution is 7.89. The van der Waals surface area contributed by atoms with E-state index in [0.717, 1.165) is 5.56 Å². The van der Waals surface area contributed by atoms with E-state index in [-0.39, 0.29) is 16.5 Å². The van der Waals surface area contributed by atoms with Crippen molar-refractivity contribution in [1.82, 2.24) is 9.29 Å². The molecule has 0 bridgehead atoms. The Hall–Kier alpha value is -2.38. The summed E-state index contributed by atoms with van der Waals surface area (Å²) in [6, 6.07) is 11.9. The van der Waals surface area contributed by atoms with Crippen molar-refractivity contribution in [2.45, 2.75) is 37.6 Å². The van der Waals surface area contributed by atoms with Gasteiger partial charge in [-0.15, -0.1) is 0 Å². The molecule has 2 aromatic carbocycles. The number of aryl methyl sites for hydroxylation is 1. The monoisotopic (exact) mass is 374 g/mol. The van der Waals surface area contributed by atoms with Gasteiger partial charge in [0.05, 0.1) is 10.4 Å². The second kappa shape index (κ2) is 6.74. The summed E-state index contributed by atoms with van der Waals surface area (Å²) < 4.78 is 34.5. The zero-order chi connectivity index (χ0) is 19.1. The Balaban J connectivity index is 1.87. The van der Waals surface area contributed by atoms with Crippen molar-refractivity contribution in [3.8, 4) is 0 Å². The van der Waals surface area contributed by atoms with Gasteiger partial charge in [-0.3, -0.25) is 4.57 Å². The molecule has 3 rings (SSSR count). The number of oxazole rings is 1. The first-order valence-corrected chi connectivity index (χ1v) is 9.89. The largest absolute Gasteiger partial charge is 0.419 e. The van der Waals surface area contributed by atoms with Crippen LogP contribution in [0.15, 0.2) is 56.6 Å². The van der Waals surface area contributed by atoms with Gasteiger partial charge in [-0.25, -0.2) is 17.9 Å².